The molecule has 17 heavy (non-hydrogen) atoms. The van der Waals surface area contributed by atoms with Crippen molar-refractivity contribution in [3.8, 4) is 0 Å². The summed E-state index contributed by atoms with van der Waals surface area (Å²) in [7, 11) is 0. The molecule has 0 aromatic heterocycles. The third-order valence-corrected chi connectivity index (χ3v) is 3.06. The molecule has 0 rings (SSSR count). The predicted octanol–water partition coefficient (Wildman–Crippen LogP) is 1.10. The largest absolute Gasteiger partial charge is 1.00 e. The molecule has 0 atom stereocenters. The number of halogens is 1. The van der Waals surface area contributed by atoms with Crippen LogP contribution >= 0.6 is 0 Å². The molecule has 104 valence electrons. The highest BCUT2D eigenvalue weighted by Gasteiger charge is 1.91. The first-order chi connectivity index (χ1) is 7.91. The first-order valence-corrected chi connectivity index (χ1v) is 7.36. The van der Waals surface area contributed by atoms with Crippen molar-refractivity contribution in [2.75, 3.05) is 6.54 Å². The van der Waals surface area contributed by atoms with E-state index in [-0.39, 0.29) is 12.4 Å². The van der Waals surface area contributed by atoms with Gasteiger partial charge in [-0.1, -0.05) is 70.8 Å². The maximum absolute atomic E-state index is 3.79. The van der Waals surface area contributed by atoms with Crippen LogP contribution in [0, 0.1) is 0 Å². The Labute approximate surface area is 115 Å². The topological polar surface area (TPSA) is 27.6 Å². The molecule has 0 aliphatic carbocycles. The normalized spacial score (nSPS) is 10.7. The van der Waals surface area contributed by atoms with Crippen LogP contribution in [0.15, 0.2) is 12.2 Å². The zero-order valence-electron chi connectivity index (χ0n) is 11.7. The number of unbranched alkanes of at least 4 members (excludes halogenated alkanes) is 10. The van der Waals surface area contributed by atoms with Gasteiger partial charge in [0.1, 0.15) is 0 Å². The Kier molecular flexibility index (Phi) is 20.9. The van der Waals surface area contributed by atoms with E-state index >= 15 is 0 Å². The van der Waals surface area contributed by atoms with Crippen molar-refractivity contribution in [1.82, 2.24) is 0 Å². The molecule has 3 N–H and O–H groups in total. The SMILES string of the molecule is CCCCCCCCCCCCC=CC[NH3+].[Cl-]. The molecule has 0 spiro atoms. The molecule has 2 heteroatoms. The van der Waals surface area contributed by atoms with E-state index in [1.165, 1.54) is 70.6 Å². The van der Waals surface area contributed by atoms with Crippen LogP contribution in [0.25, 0.3) is 0 Å². The Balaban J connectivity index is 0. The lowest BCUT2D eigenvalue weighted by Gasteiger charge is -2.01. The molecule has 0 aliphatic heterocycles. The van der Waals surface area contributed by atoms with Crippen molar-refractivity contribution < 1.29 is 18.1 Å². The highest BCUT2D eigenvalue weighted by atomic mass is 35.5. The number of hydrogen-bond acceptors (Lipinski definition) is 0. The van der Waals surface area contributed by atoms with Gasteiger partial charge in [0.25, 0.3) is 0 Å². The predicted molar refractivity (Wildman–Crippen MR) is 73.4 cm³/mol. The van der Waals surface area contributed by atoms with Gasteiger partial charge in [-0.3, -0.25) is 0 Å². The van der Waals surface area contributed by atoms with Gasteiger partial charge >= 0.3 is 0 Å². The summed E-state index contributed by atoms with van der Waals surface area (Å²) in [4.78, 5) is 0. The van der Waals surface area contributed by atoms with Crippen molar-refractivity contribution in [1.29, 1.82) is 0 Å². The smallest absolute Gasteiger partial charge is 0.0926 e. The third-order valence-electron chi connectivity index (χ3n) is 3.06. The molecule has 0 bridgehead atoms. The molecule has 0 aromatic carbocycles. The highest BCUT2D eigenvalue weighted by molar-refractivity contribution is 4.79. The van der Waals surface area contributed by atoms with Crippen LogP contribution in [0.5, 0.6) is 0 Å². The number of allylic oxidation sites excluding steroid dienone is 1. The van der Waals surface area contributed by atoms with E-state index in [9.17, 15) is 0 Å². The molecule has 0 amide bonds. The standard InChI is InChI=1S/C15H31N.ClH/c1-2-3-4-5-6-7-8-9-10-11-12-13-14-15-16;/h13-14H,2-12,15-16H2,1H3;1H. The molecule has 0 saturated carbocycles. The Morgan fingerprint density at radius 2 is 1.18 bits per heavy atom. The van der Waals surface area contributed by atoms with Crippen molar-refractivity contribution in [2.24, 2.45) is 0 Å². The molecule has 0 saturated heterocycles. The lowest BCUT2D eigenvalue weighted by molar-refractivity contribution is -0.352. The zero-order valence-corrected chi connectivity index (χ0v) is 12.5. The lowest BCUT2D eigenvalue weighted by atomic mass is 10.1. The summed E-state index contributed by atoms with van der Waals surface area (Å²) in [6.07, 6.45) is 20.0. The van der Waals surface area contributed by atoms with E-state index < -0.39 is 0 Å². The van der Waals surface area contributed by atoms with Crippen LogP contribution in [0.1, 0.15) is 77.6 Å². The van der Waals surface area contributed by atoms with Crippen LogP contribution in [0.4, 0.5) is 0 Å². The van der Waals surface area contributed by atoms with Crippen LogP contribution in [0.2, 0.25) is 0 Å². The second-order valence-electron chi connectivity index (χ2n) is 4.73. The fourth-order valence-electron chi connectivity index (χ4n) is 1.99. The second kappa shape index (κ2) is 18.4. The molecule has 0 unspecified atom stereocenters. The van der Waals surface area contributed by atoms with Gasteiger partial charge in [0.05, 0.1) is 6.54 Å². The molecule has 1 nitrogen and oxygen atoms in total. The molecule has 0 aromatic rings. The van der Waals surface area contributed by atoms with E-state index in [0.717, 1.165) is 6.54 Å². The molecule has 0 fully saturated rings. The van der Waals surface area contributed by atoms with Gasteiger partial charge in [0, 0.05) is 0 Å². The first kappa shape index (κ1) is 19.3. The van der Waals surface area contributed by atoms with E-state index in [4.69, 9.17) is 0 Å². The Hall–Kier alpha value is -0.0100. The van der Waals surface area contributed by atoms with Gasteiger partial charge in [0.15, 0.2) is 0 Å². The Morgan fingerprint density at radius 1 is 0.706 bits per heavy atom. The molecular weight excluding hydrogens is 230 g/mol. The summed E-state index contributed by atoms with van der Waals surface area (Å²) in [5.74, 6) is 0. The monoisotopic (exact) mass is 261 g/mol. The summed E-state index contributed by atoms with van der Waals surface area (Å²) in [5, 5.41) is 0. The molecular formula is C15H32ClN. The van der Waals surface area contributed by atoms with E-state index in [2.05, 4.69) is 24.8 Å². The number of hydrogen-bond donors (Lipinski definition) is 1. The molecule has 0 radical (unpaired) electrons. The average Bonchev–Trinajstić information content (AvgIpc) is 2.31. The summed E-state index contributed by atoms with van der Waals surface area (Å²) in [6.45, 7) is 3.22. The van der Waals surface area contributed by atoms with Crippen LogP contribution in [-0.2, 0) is 0 Å². The van der Waals surface area contributed by atoms with E-state index in [1.807, 2.05) is 0 Å². The summed E-state index contributed by atoms with van der Waals surface area (Å²) >= 11 is 0. The minimum absolute atomic E-state index is 0. The second-order valence-corrected chi connectivity index (χ2v) is 4.73. The highest BCUT2D eigenvalue weighted by Crippen LogP contribution is 2.11. The quantitative estimate of drug-likeness (QED) is 0.403. The van der Waals surface area contributed by atoms with Gasteiger partial charge in [-0.05, 0) is 18.9 Å². The minimum atomic E-state index is 0. The lowest BCUT2D eigenvalue weighted by Crippen LogP contribution is -3.00. The van der Waals surface area contributed by atoms with Crippen molar-refractivity contribution in [3.05, 3.63) is 12.2 Å². The van der Waals surface area contributed by atoms with Gasteiger partial charge in [-0.15, -0.1) is 0 Å². The average molecular weight is 262 g/mol. The summed E-state index contributed by atoms with van der Waals surface area (Å²) in [6, 6.07) is 0. The minimum Gasteiger partial charge on any atom is -1.00 e. The zero-order chi connectivity index (χ0) is 11.9. The van der Waals surface area contributed by atoms with Crippen molar-refractivity contribution in [2.45, 2.75) is 77.6 Å². The van der Waals surface area contributed by atoms with Crippen LogP contribution < -0.4 is 18.1 Å². The Bertz CT molecular complexity index is 146. The van der Waals surface area contributed by atoms with Gasteiger partial charge in [0.2, 0.25) is 0 Å². The fourth-order valence-corrected chi connectivity index (χ4v) is 1.99. The molecule has 0 aliphatic rings. The van der Waals surface area contributed by atoms with Crippen molar-refractivity contribution in [3.63, 3.8) is 0 Å². The maximum atomic E-state index is 3.79. The van der Waals surface area contributed by atoms with E-state index in [1.54, 1.807) is 0 Å². The van der Waals surface area contributed by atoms with Crippen LogP contribution in [-0.4, -0.2) is 6.54 Å². The molecule has 0 heterocycles. The number of quaternary nitrogens is 1. The maximum Gasteiger partial charge on any atom is 0.0926 e. The van der Waals surface area contributed by atoms with Crippen LogP contribution in [0.3, 0.4) is 0 Å². The van der Waals surface area contributed by atoms with Gasteiger partial charge in [-0.25, -0.2) is 0 Å². The summed E-state index contributed by atoms with van der Waals surface area (Å²) < 4.78 is 0. The summed E-state index contributed by atoms with van der Waals surface area (Å²) in [5.41, 5.74) is 3.79. The third kappa shape index (κ3) is 18.5. The van der Waals surface area contributed by atoms with Crippen molar-refractivity contribution >= 4 is 0 Å². The van der Waals surface area contributed by atoms with E-state index in [0.29, 0.717) is 0 Å². The first-order valence-electron chi connectivity index (χ1n) is 7.36. The number of rotatable bonds is 12. The van der Waals surface area contributed by atoms with Gasteiger partial charge < -0.3 is 18.1 Å². The fraction of sp³-hybridized carbons (Fsp3) is 0.867. The van der Waals surface area contributed by atoms with Gasteiger partial charge in [-0.2, -0.15) is 0 Å². The Morgan fingerprint density at radius 3 is 1.65 bits per heavy atom.